The van der Waals surface area contributed by atoms with Gasteiger partial charge < -0.3 is 9.90 Å². The molecular formula is C10H10N3O4-. The molecule has 0 aromatic carbocycles. The average molecular weight is 236 g/mol. The quantitative estimate of drug-likeness (QED) is 0.610. The van der Waals surface area contributed by atoms with Gasteiger partial charge in [-0.1, -0.05) is 6.07 Å². The maximum absolute atomic E-state index is 11.4. The molecule has 0 spiro atoms. The molecule has 0 radical (unpaired) electrons. The largest absolute Gasteiger partial charge is 0.550 e. The molecular weight excluding hydrogens is 226 g/mol. The van der Waals surface area contributed by atoms with Crippen molar-refractivity contribution in [3.8, 4) is 0 Å². The smallest absolute Gasteiger partial charge is 0.288 e. The number of hydrogen-bond acceptors (Lipinski definition) is 5. The molecule has 2 N–H and O–H groups in total. The molecule has 0 bridgehead atoms. The molecule has 1 aromatic rings. The molecule has 1 heterocycles. The van der Waals surface area contributed by atoms with Crippen molar-refractivity contribution in [2.24, 2.45) is 0 Å². The Labute approximate surface area is 96.8 Å². The number of carbonyl (C=O) groups is 3. The van der Waals surface area contributed by atoms with E-state index >= 15 is 0 Å². The minimum absolute atomic E-state index is 0.146. The van der Waals surface area contributed by atoms with E-state index in [1.807, 2.05) is 0 Å². The Morgan fingerprint density at radius 2 is 1.94 bits per heavy atom. The maximum Gasteiger partial charge on any atom is 0.288 e. The Morgan fingerprint density at radius 1 is 1.18 bits per heavy atom. The van der Waals surface area contributed by atoms with E-state index in [1.54, 1.807) is 12.1 Å². The first-order chi connectivity index (χ1) is 8.09. The topological polar surface area (TPSA) is 111 Å². The van der Waals surface area contributed by atoms with Crippen molar-refractivity contribution in [3.05, 3.63) is 30.1 Å². The normalized spacial score (nSPS) is 9.41. The zero-order valence-electron chi connectivity index (χ0n) is 8.80. The molecule has 0 fully saturated rings. The standard InChI is InChI=1S/C10H11N3O4/c14-8(4-5-9(15)16)12-13-10(17)7-3-1-2-6-11-7/h1-3,6H,4-5H2,(H,12,14)(H,13,17)(H,15,16)/p-1. The van der Waals surface area contributed by atoms with Crippen molar-refractivity contribution in [2.45, 2.75) is 12.8 Å². The van der Waals surface area contributed by atoms with E-state index in [0.29, 0.717) is 0 Å². The Morgan fingerprint density at radius 3 is 2.53 bits per heavy atom. The van der Waals surface area contributed by atoms with Crippen LogP contribution in [-0.2, 0) is 9.59 Å². The minimum Gasteiger partial charge on any atom is -0.550 e. The predicted molar refractivity (Wildman–Crippen MR) is 54.1 cm³/mol. The molecule has 0 aliphatic heterocycles. The molecule has 0 atom stereocenters. The molecule has 2 amide bonds. The van der Waals surface area contributed by atoms with Crippen molar-refractivity contribution >= 4 is 17.8 Å². The number of nitrogens with zero attached hydrogens (tertiary/aromatic N) is 1. The van der Waals surface area contributed by atoms with Gasteiger partial charge in [0.25, 0.3) is 5.91 Å². The van der Waals surface area contributed by atoms with Crippen molar-refractivity contribution in [1.29, 1.82) is 0 Å². The number of amides is 2. The summed E-state index contributed by atoms with van der Waals surface area (Å²) in [5, 5.41) is 10.1. The van der Waals surface area contributed by atoms with Crippen LogP contribution < -0.4 is 16.0 Å². The summed E-state index contributed by atoms with van der Waals surface area (Å²) in [6, 6.07) is 4.75. The van der Waals surface area contributed by atoms with E-state index < -0.39 is 24.2 Å². The molecule has 0 aliphatic carbocycles. The van der Waals surface area contributed by atoms with Crippen LogP contribution in [0.15, 0.2) is 24.4 Å². The lowest BCUT2D eigenvalue weighted by molar-refractivity contribution is -0.305. The van der Waals surface area contributed by atoms with Crippen molar-refractivity contribution in [1.82, 2.24) is 15.8 Å². The average Bonchev–Trinajstić information content (AvgIpc) is 2.34. The highest BCUT2D eigenvalue weighted by Gasteiger charge is 2.07. The van der Waals surface area contributed by atoms with Gasteiger partial charge in [-0.25, -0.2) is 0 Å². The van der Waals surface area contributed by atoms with E-state index in [9.17, 15) is 19.5 Å². The molecule has 7 nitrogen and oxygen atoms in total. The van der Waals surface area contributed by atoms with Gasteiger partial charge in [0.15, 0.2) is 0 Å². The molecule has 7 heteroatoms. The van der Waals surface area contributed by atoms with Gasteiger partial charge in [0, 0.05) is 18.6 Å². The Kier molecular flexibility index (Phi) is 4.61. The fourth-order valence-corrected chi connectivity index (χ4v) is 0.966. The third-order valence-corrected chi connectivity index (χ3v) is 1.77. The van der Waals surface area contributed by atoms with Gasteiger partial charge in [0.1, 0.15) is 5.69 Å². The number of aliphatic carboxylic acids is 1. The number of rotatable bonds is 4. The summed E-state index contributed by atoms with van der Waals surface area (Å²) in [4.78, 5) is 36.3. The van der Waals surface area contributed by atoms with Gasteiger partial charge in [-0.05, 0) is 18.6 Å². The number of aromatic nitrogens is 1. The molecule has 1 rings (SSSR count). The number of carboxylic acids is 1. The maximum atomic E-state index is 11.4. The highest BCUT2D eigenvalue weighted by molar-refractivity contribution is 5.93. The molecule has 0 saturated heterocycles. The third-order valence-electron chi connectivity index (χ3n) is 1.77. The molecule has 17 heavy (non-hydrogen) atoms. The lowest BCUT2D eigenvalue weighted by Gasteiger charge is -2.06. The second-order valence-corrected chi connectivity index (χ2v) is 3.09. The van der Waals surface area contributed by atoms with Gasteiger partial charge in [-0.3, -0.25) is 25.4 Å². The fourth-order valence-electron chi connectivity index (χ4n) is 0.966. The SMILES string of the molecule is O=C([O-])CCC(=O)NNC(=O)c1ccccn1. The monoisotopic (exact) mass is 236 g/mol. The number of hydrazine groups is 1. The van der Waals surface area contributed by atoms with Gasteiger partial charge in [-0.2, -0.15) is 0 Å². The first-order valence-corrected chi connectivity index (χ1v) is 4.79. The van der Waals surface area contributed by atoms with Crippen molar-refractivity contribution < 1.29 is 19.5 Å². The summed E-state index contributed by atoms with van der Waals surface area (Å²) in [5.74, 6) is -2.51. The molecule has 0 aliphatic rings. The zero-order valence-corrected chi connectivity index (χ0v) is 8.80. The van der Waals surface area contributed by atoms with Gasteiger partial charge in [-0.15, -0.1) is 0 Å². The lowest BCUT2D eigenvalue weighted by Crippen LogP contribution is -2.42. The van der Waals surface area contributed by atoms with Crippen LogP contribution in [0.2, 0.25) is 0 Å². The van der Waals surface area contributed by atoms with Crippen LogP contribution in [0.1, 0.15) is 23.3 Å². The molecule has 90 valence electrons. The Balaban J connectivity index is 2.34. The first kappa shape index (κ1) is 12.6. The number of nitrogens with one attached hydrogen (secondary N) is 2. The highest BCUT2D eigenvalue weighted by Crippen LogP contribution is 1.92. The van der Waals surface area contributed by atoms with Gasteiger partial charge >= 0.3 is 0 Å². The molecule has 1 aromatic heterocycles. The lowest BCUT2D eigenvalue weighted by atomic mass is 10.3. The van der Waals surface area contributed by atoms with Crippen LogP contribution in [0.25, 0.3) is 0 Å². The van der Waals surface area contributed by atoms with Crippen LogP contribution in [0.4, 0.5) is 0 Å². The van der Waals surface area contributed by atoms with E-state index in [0.717, 1.165) is 0 Å². The highest BCUT2D eigenvalue weighted by atomic mass is 16.4. The number of hydrogen-bond donors (Lipinski definition) is 2. The molecule has 0 saturated carbocycles. The summed E-state index contributed by atoms with van der Waals surface area (Å²) in [7, 11) is 0. The first-order valence-electron chi connectivity index (χ1n) is 4.79. The zero-order chi connectivity index (χ0) is 12.7. The Hall–Kier alpha value is -2.44. The van der Waals surface area contributed by atoms with Gasteiger partial charge in [0.05, 0.1) is 0 Å². The summed E-state index contributed by atoms with van der Waals surface area (Å²) in [6.07, 6.45) is 0.781. The minimum atomic E-state index is -1.32. The van der Waals surface area contributed by atoms with E-state index in [1.165, 1.54) is 12.3 Å². The van der Waals surface area contributed by atoms with E-state index in [2.05, 4.69) is 15.8 Å². The number of carboxylic acid groups (broad SMARTS) is 1. The fraction of sp³-hybridized carbons (Fsp3) is 0.200. The van der Waals surface area contributed by atoms with E-state index in [4.69, 9.17) is 0 Å². The van der Waals surface area contributed by atoms with Crippen LogP contribution in [0.3, 0.4) is 0 Å². The van der Waals surface area contributed by atoms with E-state index in [-0.39, 0.29) is 12.1 Å². The predicted octanol–water partition coefficient (Wildman–Crippen LogP) is -1.63. The number of pyridine rings is 1. The van der Waals surface area contributed by atoms with Crippen LogP contribution in [-0.4, -0.2) is 22.8 Å². The van der Waals surface area contributed by atoms with Gasteiger partial charge in [0.2, 0.25) is 5.91 Å². The second-order valence-electron chi connectivity index (χ2n) is 3.09. The van der Waals surface area contributed by atoms with Crippen LogP contribution in [0, 0.1) is 0 Å². The summed E-state index contributed by atoms with van der Waals surface area (Å²) in [6.45, 7) is 0. The van der Waals surface area contributed by atoms with Crippen molar-refractivity contribution in [3.63, 3.8) is 0 Å². The third kappa shape index (κ3) is 4.74. The number of carbonyl (C=O) groups excluding carboxylic acids is 3. The van der Waals surface area contributed by atoms with Crippen molar-refractivity contribution in [2.75, 3.05) is 0 Å². The molecule has 0 unspecified atom stereocenters. The Bertz CT molecular complexity index is 419. The second kappa shape index (κ2) is 6.21. The van der Waals surface area contributed by atoms with Crippen LogP contribution >= 0.6 is 0 Å². The van der Waals surface area contributed by atoms with Crippen LogP contribution in [0.5, 0.6) is 0 Å². The summed E-state index contributed by atoms with van der Waals surface area (Å²) >= 11 is 0. The summed E-state index contributed by atoms with van der Waals surface area (Å²) in [5.41, 5.74) is 4.32. The summed E-state index contributed by atoms with van der Waals surface area (Å²) < 4.78 is 0.